The summed E-state index contributed by atoms with van der Waals surface area (Å²) in [5.74, 6) is 0.0451. The number of piperidine rings is 1. The van der Waals surface area contributed by atoms with Crippen molar-refractivity contribution in [1.29, 1.82) is 0 Å². The Morgan fingerprint density at radius 2 is 1.76 bits per heavy atom. The van der Waals surface area contributed by atoms with Gasteiger partial charge in [-0.15, -0.1) is 0 Å². The topological polar surface area (TPSA) is 69.6 Å². The highest BCUT2D eigenvalue weighted by molar-refractivity contribution is 5.88. The molecule has 0 spiro atoms. The Morgan fingerprint density at radius 1 is 1.24 bits per heavy atom. The Labute approximate surface area is 128 Å². The van der Waals surface area contributed by atoms with Gasteiger partial charge in [0.1, 0.15) is 6.04 Å². The Balaban J connectivity index is 2.57. The molecule has 1 fully saturated rings. The standard InChI is InChI=1S/C16H30N2O3/c1-11(2)14(20)17-13(10-19)15(21)18-8-6-12(7-9-18)16(3,4)5/h11-13,19H,6-10H2,1-5H3,(H,17,20). The second-order valence-corrected chi connectivity index (χ2v) is 7.36. The third-order valence-corrected chi connectivity index (χ3v) is 4.35. The largest absolute Gasteiger partial charge is 0.394 e. The summed E-state index contributed by atoms with van der Waals surface area (Å²) >= 11 is 0. The molecule has 21 heavy (non-hydrogen) atoms. The molecule has 1 saturated heterocycles. The zero-order valence-corrected chi connectivity index (χ0v) is 14.0. The summed E-state index contributed by atoms with van der Waals surface area (Å²) in [6, 6.07) is -0.814. The lowest BCUT2D eigenvalue weighted by molar-refractivity contribution is -0.139. The Bertz CT molecular complexity index is 366. The highest BCUT2D eigenvalue weighted by Crippen LogP contribution is 2.34. The Kier molecular flexibility index (Phi) is 6.20. The zero-order chi connectivity index (χ0) is 16.2. The van der Waals surface area contributed by atoms with Gasteiger partial charge in [-0.2, -0.15) is 0 Å². The number of likely N-dealkylation sites (tertiary alicyclic amines) is 1. The van der Waals surface area contributed by atoms with E-state index in [2.05, 4.69) is 26.1 Å². The predicted octanol–water partition coefficient (Wildman–Crippen LogP) is 1.40. The van der Waals surface area contributed by atoms with Gasteiger partial charge in [-0.25, -0.2) is 0 Å². The molecule has 5 nitrogen and oxygen atoms in total. The lowest BCUT2D eigenvalue weighted by atomic mass is 9.75. The molecule has 1 aliphatic heterocycles. The summed E-state index contributed by atoms with van der Waals surface area (Å²) in [5, 5.41) is 12.0. The molecule has 2 N–H and O–H groups in total. The van der Waals surface area contributed by atoms with Gasteiger partial charge in [0, 0.05) is 19.0 Å². The minimum atomic E-state index is -0.814. The van der Waals surface area contributed by atoms with Crippen LogP contribution < -0.4 is 5.32 Å². The molecule has 122 valence electrons. The molecule has 0 aromatic carbocycles. The first-order valence-corrected chi connectivity index (χ1v) is 7.86. The first-order chi connectivity index (χ1) is 9.66. The Morgan fingerprint density at radius 3 is 2.14 bits per heavy atom. The molecule has 1 atom stereocenters. The van der Waals surface area contributed by atoms with Gasteiger partial charge >= 0.3 is 0 Å². The van der Waals surface area contributed by atoms with Crippen LogP contribution in [0.25, 0.3) is 0 Å². The lowest BCUT2D eigenvalue weighted by Crippen LogP contribution is -2.53. The van der Waals surface area contributed by atoms with E-state index in [1.807, 2.05) is 0 Å². The molecular weight excluding hydrogens is 268 g/mol. The zero-order valence-electron chi connectivity index (χ0n) is 14.0. The van der Waals surface area contributed by atoms with Crippen LogP contribution in [0.2, 0.25) is 0 Å². The van der Waals surface area contributed by atoms with Gasteiger partial charge < -0.3 is 15.3 Å². The predicted molar refractivity (Wildman–Crippen MR) is 82.6 cm³/mol. The van der Waals surface area contributed by atoms with Crippen LogP contribution in [-0.2, 0) is 9.59 Å². The molecule has 0 saturated carbocycles. The van der Waals surface area contributed by atoms with Crippen molar-refractivity contribution in [2.75, 3.05) is 19.7 Å². The van der Waals surface area contributed by atoms with Crippen molar-refractivity contribution >= 4 is 11.8 Å². The van der Waals surface area contributed by atoms with E-state index in [0.29, 0.717) is 19.0 Å². The van der Waals surface area contributed by atoms with E-state index < -0.39 is 6.04 Å². The van der Waals surface area contributed by atoms with Crippen LogP contribution in [0.5, 0.6) is 0 Å². The fourth-order valence-corrected chi connectivity index (χ4v) is 2.71. The number of carbonyl (C=O) groups excluding carboxylic acids is 2. The van der Waals surface area contributed by atoms with Crippen molar-refractivity contribution in [3.63, 3.8) is 0 Å². The third kappa shape index (κ3) is 4.99. The highest BCUT2D eigenvalue weighted by atomic mass is 16.3. The van der Waals surface area contributed by atoms with E-state index in [-0.39, 0.29) is 29.8 Å². The van der Waals surface area contributed by atoms with Gasteiger partial charge in [0.05, 0.1) is 6.61 Å². The first-order valence-electron chi connectivity index (χ1n) is 7.86. The van der Waals surface area contributed by atoms with Crippen LogP contribution in [0, 0.1) is 17.3 Å². The van der Waals surface area contributed by atoms with Crippen molar-refractivity contribution in [2.45, 2.75) is 53.5 Å². The summed E-state index contributed by atoms with van der Waals surface area (Å²) in [6.07, 6.45) is 1.96. The fraction of sp³-hybridized carbons (Fsp3) is 0.875. The molecule has 0 aromatic heterocycles. The van der Waals surface area contributed by atoms with Crippen LogP contribution in [0.4, 0.5) is 0 Å². The van der Waals surface area contributed by atoms with E-state index in [0.717, 1.165) is 12.8 Å². The normalized spacial score (nSPS) is 18.7. The summed E-state index contributed by atoms with van der Waals surface area (Å²) < 4.78 is 0. The number of nitrogens with one attached hydrogen (secondary N) is 1. The lowest BCUT2D eigenvalue weighted by Gasteiger charge is -2.39. The second kappa shape index (κ2) is 7.25. The minimum Gasteiger partial charge on any atom is -0.394 e. The summed E-state index contributed by atoms with van der Waals surface area (Å²) in [6.45, 7) is 11.3. The van der Waals surface area contributed by atoms with E-state index in [1.165, 1.54) is 0 Å². The average Bonchev–Trinajstić information content (AvgIpc) is 2.42. The minimum absolute atomic E-state index is 0.168. The van der Waals surface area contributed by atoms with Gasteiger partial charge in [0.2, 0.25) is 11.8 Å². The Hall–Kier alpha value is -1.10. The molecule has 1 unspecified atom stereocenters. The average molecular weight is 298 g/mol. The van der Waals surface area contributed by atoms with Crippen LogP contribution in [0.1, 0.15) is 47.5 Å². The molecule has 1 aliphatic rings. The number of carbonyl (C=O) groups is 2. The van der Waals surface area contributed by atoms with Crippen LogP contribution in [0.15, 0.2) is 0 Å². The molecule has 5 heteroatoms. The van der Waals surface area contributed by atoms with Crippen molar-refractivity contribution < 1.29 is 14.7 Å². The van der Waals surface area contributed by atoms with Crippen molar-refractivity contribution in [3.8, 4) is 0 Å². The number of aliphatic hydroxyl groups is 1. The number of nitrogens with zero attached hydrogens (tertiary/aromatic N) is 1. The molecule has 0 aromatic rings. The summed E-state index contributed by atoms with van der Waals surface area (Å²) in [4.78, 5) is 25.9. The van der Waals surface area contributed by atoms with Gasteiger partial charge in [0.25, 0.3) is 0 Å². The van der Waals surface area contributed by atoms with Crippen LogP contribution >= 0.6 is 0 Å². The summed E-state index contributed by atoms with van der Waals surface area (Å²) in [5.41, 5.74) is 0.261. The van der Waals surface area contributed by atoms with Crippen molar-refractivity contribution in [1.82, 2.24) is 10.2 Å². The first kappa shape index (κ1) is 18.0. The second-order valence-electron chi connectivity index (χ2n) is 7.36. The van der Waals surface area contributed by atoms with Gasteiger partial charge in [0.15, 0.2) is 0 Å². The maximum absolute atomic E-state index is 12.4. The van der Waals surface area contributed by atoms with Crippen molar-refractivity contribution in [3.05, 3.63) is 0 Å². The van der Waals surface area contributed by atoms with Crippen LogP contribution in [0.3, 0.4) is 0 Å². The SMILES string of the molecule is CC(C)C(=O)NC(CO)C(=O)N1CCC(C(C)(C)C)CC1. The smallest absolute Gasteiger partial charge is 0.247 e. The quantitative estimate of drug-likeness (QED) is 0.824. The summed E-state index contributed by atoms with van der Waals surface area (Å²) in [7, 11) is 0. The third-order valence-electron chi connectivity index (χ3n) is 4.35. The molecule has 1 heterocycles. The number of rotatable bonds is 4. The number of hydrogen-bond acceptors (Lipinski definition) is 3. The molecule has 1 rings (SSSR count). The molecule has 2 amide bonds. The van der Waals surface area contributed by atoms with E-state index in [9.17, 15) is 14.7 Å². The maximum atomic E-state index is 12.4. The van der Waals surface area contributed by atoms with E-state index >= 15 is 0 Å². The molecular formula is C16H30N2O3. The van der Waals surface area contributed by atoms with Gasteiger partial charge in [-0.1, -0.05) is 34.6 Å². The number of aliphatic hydroxyl groups excluding tert-OH is 1. The van der Waals surface area contributed by atoms with Crippen LogP contribution in [-0.4, -0.2) is 47.6 Å². The number of hydrogen-bond donors (Lipinski definition) is 2. The molecule has 0 bridgehead atoms. The maximum Gasteiger partial charge on any atom is 0.247 e. The van der Waals surface area contributed by atoms with E-state index in [1.54, 1.807) is 18.7 Å². The van der Waals surface area contributed by atoms with Gasteiger partial charge in [-0.3, -0.25) is 9.59 Å². The molecule has 0 radical (unpaired) electrons. The van der Waals surface area contributed by atoms with Crippen molar-refractivity contribution in [2.24, 2.45) is 17.3 Å². The molecule has 0 aliphatic carbocycles. The van der Waals surface area contributed by atoms with E-state index in [4.69, 9.17) is 0 Å². The number of amides is 2. The van der Waals surface area contributed by atoms with Gasteiger partial charge in [-0.05, 0) is 24.2 Å². The highest BCUT2D eigenvalue weighted by Gasteiger charge is 2.33. The monoisotopic (exact) mass is 298 g/mol. The fourth-order valence-electron chi connectivity index (χ4n) is 2.71.